The number of allylic oxidation sites excluding steroid dienone is 1. The summed E-state index contributed by atoms with van der Waals surface area (Å²) in [7, 11) is 1.61. The number of fused-ring (bicyclic) bond motifs is 1. The van der Waals surface area contributed by atoms with Crippen molar-refractivity contribution in [2.24, 2.45) is 0 Å². The lowest BCUT2D eigenvalue weighted by atomic mass is 10.0. The third-order valence-electron chi connectivity index (χ3n) is 3.71. The maximum absolute atomic E-state index is 12.3. The average Bonchev–Trinajstić information content (AvgIpc) is 2.60. The van der Waals surface area contributed by atoms with Gasteiger partial charge in [0.05, 0.1) is 12.7 Å². The first kappa shape index (κ1) is 14.9. The lowest BCUT2D eigenvalue weighted by Gasteiger charge is -2.05. The minimum Gasteiger partial charge on any atom is -0.507 e. The van der Waals surface area contributed by atoms with Crippen molar-refractivity contribution in [2.75, 3.05) is 7.11 Å². The monoisotopic (exact) mass is 304 g/mol. The molecule has 114 valence electrons. The summed E-state index contributed by atoms with van der Waals surface area (Å²) in [4.78, 5) is 12.3. The molecule has 3 rings (SSSR count). The van der Waals surface area contributed by atoms with Crippen LogP contribution in [0.25, 0.3) is 16.8 Å². The Labute approximate surface area is 134 Å². The molecule has 0 atom stereocenters. The van der Waals surface area contributed by atoms with E-state index in [1.165, 1.54) is 6.08 Å². The third kappa shape index (κ3) is 3.09. The number of ether oxygens (including phenoxy) is 1. The number of aromatic hydroxyl groups is 1. The van der Waals surface area contributed by atoms with Gasteiger partial charge in [-0.15, -0.1) is 0 Å². The van der Waals surface area contributed by atoms with E-state index in [9.17, 15) is 9.90 Å². The van der Waals surface area contributed by atoms with Gasteiger partial charge in [0.2, 0.25) is 0 Å². The molecule has 0 aliphatic heterocycles. The van der Waals surface area contributed by atoms with Crippen LogP contribution in [0.1, 0.15) is 15.9 Å². The number of rotatable bonds is 4. The van der Waals surface area contributed by atoms with Crippen LogP contribution >= 0.6 is 0 Å². The molecule has 0 bridgehead atoms. The predicted octanol–water partition coefficient (Wildman–Crippen LogP) is 4.45. The Kier molecular flexibility index (Phi) is 4.11. The van der Waals surface area contributed by atoms with E-state index in [1.54, 1.807) is 25.3 Å². The van der Waals surface area contributed by atoms with Gasteiger partial charge in [-0.3, -0.25) is 4.79 Å². The van der Waals surface area contributed by atoms with Crippen molar-refractivity contribution in [3.05, 3.63) is 77.9 Å². The van der Waals surface area contributed by atoms with E-state index in [-0.39, 0.29) is 11.5 Å². The molecule has 0 saturated carbocycles. The summed E-state index contributed by atoms with van der Waals surface area (Å²) < 4.78 is 5.10. The zero-order valence-electron chi connectivity index (χ0n) is 12.7. The highest BCUT2D eigenvalue weighted by Crippen LogP contribution is 2.29. The molecule has 0 aliphatic carbocycles. The summed E-state index contributed by atoms with van der Waals surface area (Å²) in [6.45, 7) is 0. The van der Waals surface area contributed by atoms with Gasteiger partial charge in [-0.25, -0.2) is 0 Å². The summed E-state index contributed by atoms with van der Waals surface area (Å²) in [5.74, 6) is 0.553. The maximum atomic E-state index is 12.3. The van der Waals surface area contributed by atoms with Crippen LogP contribution in [0.15, 0.2) is 66.7 Å². The van der Waals surface area contributed by atoms with Gasteiger partial charge < -0.3 is 9.84 Å². The molecule has 0 spiro atoms. The molecule has 0 amide bonds. The topological polar surface area (TPSA) is 46.5 Å². The van der Waals surface area contributed by atoms with Crippen molar-refractivity contribution in [3.8, 4) is 11.5 Å². The van der Waals surface area contributed by atoms with Gasteiger partial charge >= 0.3 is 0 Å². The molecule has 3 aromatic rings. The Morgan fingerprint density at radius 3 is 2.48 bits per heavy atom. The van der Waals surface area contributed by atoms with Crippen LogP contribution in [0.5, 0.6) is 11.5 Å². The fourth-order valence-electron chi connectivity index (χ4n) is 2.43. The highest BCUT2D eigenvalue weighted by Gasteiger charge is 2.11. The van der Waals surface area contributed by atoms with Gasteiger partial charge in [0.15, 0.2) is 5.78 Å². The van der Waals surface area contributed by atoms with Crippen LogP contribution in [-0.4, -0.2) is 18.0 Å². The van der Waals surface area contributed by atoms with E-state index < -0.39 is 0 Å². The number of ketones is 1. The molecule has 0 fully saturated rings. The first-order valence-corrected chi connectivity index (χ1v) is 7.26. The summed E-state index contributed by atoms with van der Waals surface area (Å²) in [6, 6.07) is 18.3. The van der Waals surface area contributed by atoms with Crippen molar-refractivity contribution in [3.63, 3.8) is 0 Å². The number of hydrogen-bond donors (Lipinski definition) is 1. The van der Waals surface area contributed by atoms with Crippen LogP contribution in [0.2, 0.25) is 0 Å². The number of benzene rings is 3. The van der Waals surface area contributed by atoms with Gasteiger partial charge in [-0.1, -0.05) is 48.5 Å². The van der Waals surface area contributed by atoms with Gasteiger partial charge in [0.1, 0.15) is 11.5 Å². The van der Waals surface area contributed by atoms with Crippen LogP contribution in [0.3, 0.4) is 0 Å². The highest BCUT2D eigenvalue weighted by molar-refractivity contribution is 6.11. The minimum atomic E-state index is -0.232. The van der Waals surface area contributed by atoms with Crippen LogP contribution < -0.4 is 4.74 Å². The summed E-state index contributed by atoms with van der Waals surface area (Å²) in [5.41, 5.74) is 1.19. The average molecular weight is 304 g/mol. The first-order chi connectivity index (χ1) is 11.2. The van der Waals surface area contributed by atoms with E-state index in [1.807, 2.05) is 48.5 Å². The van der Waals surface area contributed by atoms with E-state index in [0.29, 0.717) is 10.9 Å². The van der Waals surface area contributed by atoms with Crippen LogP contribution in [0, 0.1) is 0 Å². The normalized spacial score (nSPS) is 11.0. The molecule has 3 aromatic carbocycles. The maximum Gasteiger partial charge on any atom is 0.189 e. The SMILES string of the molecule is COc1ccc(/C=C/C(=O)c2ccc3ccccc3c2O)cc1. The standard InChI is InChI=1S/C20H16O3/c1-23-16-10-6-14(7-11-16)8-13-19(21)18-12-9-15-4-2-3-5-17(15)20(18)22/h2-13,22H,1H3/b13-8+. The zero-order valence-corrected chi connectivity index (χ0v) is 12.7. The molecule has 1 N–H and O–H groups in total. The zero-order chi connectivity index (χ0) is 16.2. The van der Waals surface area contributed by atoms with E-state index in [4.69, 9.17) is 4.74 Å². The van der Waals surface area contributed by atoms with Crippen LogP contribution in [0.4, 0.5) is 0 Å². The molecule has 0 radical (unpaired) electrons. The second kappa shape index (κ2) is 6.36. The summed E-state index contributed by atoms with van der Waals surface area (Å²) >= 11 is 0. The van der Waals surface area contributed by atoms with E-state index in [2.05, 4.69) is 0 Å². The molecular formula is C20H16O3. The molecular weight excluding hydrogens is 288 g/mol. The quantitative estimate of drug-likeness (QED) is 0.572. The van der Waals surface area contributed by atoms with Gasteiger partial charge in [0, 0.05) is 5.39 Å². The molecule has 0 unspecified atom stereocenters. The Bertz CT molecular complexity index is 877. The Morgan fingerprint density at radius 2 is 1.74 bits per heavy atom. The molecule has 0 heterocycles. The number of methoxy groups -OCH3 is 1. The number of hydrogen-bond acceptors (Lipinski definition) is 3. The number of carbonyl (C=O) groups excluding carboxylic acids is 1. The van der Waals surface area contributed by atoms with Gasteiger partial charge in [-0.2, -0.15) is 0 Å². The van der Waals surface area contributed by atoms with Gasteiger partial charge in [-0.05, 0) is 35.2 Å². The molecule has 0 aliphatic rings. The van der Waals surface area contributed by atoms with E-state index >= 15 is 0 Å². The fraction of sp³-hybridized carbons (Fsp3) is 0.0500. The second-order valence-corrected chi connectivity index (χ2v) is 5.15. The molecule has 0 saturated heterocycles. The second-order valence-electron chi connectivity index (χ2n) is 5.15. The first-order valence-electron chi connectivity index (χ1n) is 7.26. The Balaban J connectivity index is 1.88. The van der Waals surface area contributed by atoms with E-state index in [0.717, 1.165) is 16.7 Å². The van der Waals surface area contributed by atoms with Crippen LogP contribution in [-0.2, 0) is 0 Å². The highest BCUT2D eigenvalue weighted by atomic mass is 16.5. The van der Waals surface area contributed by atoms with Crippen molar-refractivity contribution in [1.29, 1.82) is 0 Å². The van der Waals surface area contributed by atoms with Crippen molar-refractivity contribution >= 4 is 22.6 Å². The minimum absolute atomic E-state index is 0.0208. The lowest BCUT2D eigenvalue weighted by molar-refractivity contribution is 0.104. The van der Waals surface area contributed by atoms with Crippen molar-refractivity contribution in [2.45, 2.75) is 0 Å². The molecule has 3 heteroatoms. The third-order valence-corrected chi connectivity index (χ3v) is 3.71. The van der Waals surface area contributed by atoms with Crippen molar-refractivity contribution in [1.82, 2.24) is 0 Å². The smallest absolute Gasteiger partial charge is 0.189 e. The molecule has 3 nitrogen and oxygen atoms in total. The number of phenolic OH excluding ortho intramolecular Hbond substituents is 1. The summed E-state index contributed by atoms with van der Waals surface area (Å²) in [6.07, 6.45) is 3.18. The van der Waals surface area contributed by atoms with Gasteiger partial charge in [0.25, 0.3) is 0 Å². The number of phenols is 1. The fourth-order valence-corrected chi connectivity index (χ4v) is 2.43. The molecule has 0 aromatic heterocycles. The lowest BCUT2D eigenvalue weighted by Crippen LogP contribution is -1.95. The Morgan fingerprint density at radius 1 is 1.00 bits per heavy atom. The summed E-state index contributed by atoms with van der Waals surface area (Å²) in [5, 5.41) is 11.9. The largest absolute Gasteiger partial charge is 0.507 e. The number of carbonyl (C=O) groups is 1. The molecule has 23 heavy (non-hydrogen) atoms. The predicted molar refractivity (Wildman–Crippen MR) is 92.0 cm³/mol. The van der Waals surface area contributed by atoms with Crippen molar-refractivity contribution < 1.29 is 14.6 Å². The Hall–Kier alpha value is -3.07.